The van der Waals surface area contributed by atoms with Gasteiger partial charge in [-0.3, -0.25) is 0 Å². The predicted molar refractivity (Wildman–Crippen MR) is 91.1 cm³/mol. The molecule has 3 aromatic rings. The molecule has 1 heterocycles. The standard InChI is InChI=1S/C15H14FN3OS2/c1-2-20-10-4-5-12-14(8-10)21-15(18-12)19-22-13-6-3-9(17)7-11(13)16/h3-8H,2,17H2,1H3,(H,18,19). The maximum atomic E-state index is 13.7. The van der Waals surface area contributed by atoms with Crippen LogP contribution in [0.5, 0.6) is 5.75 Å². The largest absolute Gasteiger partial charge is 0.494 e. The Kier molecular flexibility index (Phi) is 4.35. The Morgan fingerprint density at radius 2 is 2.18 bits per heavy atom. The number of nitrogen functional groups attached to an aromatic ring is 1. The van der Waals surface area contributed by atoms with Crippen LogP contribution in [0.15, 0.2) is 41.3 Å². The molecule has 0 saturated heterocycles. The molecule has 3 N–H and O–H groups in total. The molecule has 0 fully saturated rings. The van der Waals surface area contributed by atoms with Crippen LogP contribution in [-0.2, 0) is 0 Å². The van der Waals surface area contributed by atoms with Gasteiger partial charge in [-0.15, -0.1) is 0 Å². The highest BCUT2D eigenvalue weighted by atomic mass is 32.2. The van der Waals surface area contributed by atoms with Crippen LogP contribution in [0, 0.1) is 5.82 Å². The molecule has 114 valence electrons. The van der Waals surface area contributed by atoms with E-state index >= 15 is 0 Å². The van der Waals surface area contributed by atoms with Crippen molar-refractivity contribution in [1.82, 2.24) is 4.98 Å². The number of nitrogens with two attached hydrogens (primary N) is 1. The summed E-state index contributed by atoms with van der Waals surface area (Å²) in [5.41, 5.74) is 6.82. The van der Waals surface area contributed by atoms with Crippen molar-refractivity contribution in [2.75, 3.05) is 17.1 Å². The molecule has 7 heteroatoms. The van der Waals surface area contributed by atoms with E-state index in [0.717, 1.165) is 16.0 Å². The molecule has 0 radical (unpaired) electrons. The Balaban J connectivity index is 1.76. The van der Waals surface area contributed by atoms with Gasteiger partial charge in [-0.1, -0.05) is 11.3 Å². The zero-order valence-electron chi connectivity index (χ0n) is 11.8. The van der Waals surface area contributed by atoms with E-state index < -0.39 is 0 Å². The summed E-state index contributed by atoms with van der Waals surface area (Å²) in [5.74, 6) is 0.472. The number of aromatic nitrogens is 1. The van der Waals surface area contributed by atoms with Gasteiger partial charge in [-0.2, -0.15) is 0 Å². The molecule has 0 unspecified atom stereocenters. The summed E-state index contributed by atoms with van der Waals surface area (Å²) >= 11 is 2.67. The van der Waals surface area contributed by atoms with Crippen LogP contribution in [-0.4, -0.2) is 11.6 Å². The Morgan fingerprint density at radius 1 is 1.32 bits per heavy atom. The lowest BCUT2D eigenvalue weighted by atomic mass is 10.3. The third kappa shape index (κ3) is 3.26. The van der Waals surface area contributed by atoms with Crippen LogP contribution in [0.25, 0.3) is 10.2 Å². The van der Waals surface area contributed by atoms with Gasteiger partial charge in [0.05, 0.1) is 21.7 Å². The molecule has 22 heavy (non-hydrogen) atoms. The fraction of sp³-hybridized carbons (Fsp3) is 0.133. The topological polar surface area (TPSA) is 60.2 Å². The first kappa shape index (κ1) is 14.9. The smallest absolute Gasteiger partial charge is 0.194 e. The van der Waals surface area contributed by atoms with Crippen LogP contribution in [0.3, 0.4) is 0 Å². The summed E-state index contributed by atoms with van der Waals surface area (Å²) in [7, 11) is 0. The molecule has 2 aromatic carbocycles. The predicted octanol–water partition coefficient (Wildman–Crippen LogP) is 4.54. The minimum atomic E-state index is -0.350. The number of hydrogen-bond acceptors (Lipinski definition) is 6. The van der Waals surface area contributed by atoms with Crippen LogP contribution < -0.4 is 15.2 Å². The van der Waals surface area contributed by atoms with E-state index in [2.05, 4.69) is 9.71 Å². The monoisotopic (exact) mass is 335 g/mol. The number of thiazole rings is 1. The van der Waals surface area contributed by atoms with Crippen molar-refractivity contribution in [1.29, 1.82) is 0 Å². The van der Waals surface area contributed by atoms with Crippen molar-refractivity contribution < 1.29 is 9.13 Å². The molecule has 4 nitrogen and oxygen atoms in total. The lowest BCUT2D eigenvalue weighted by Crippen LogP contribution is -1.91. The van der Waals surface area contributed by atoms with Gasteiger partial charge >= 0.3 is 0 Å². The normalized spacial score (nSPS) is 10.8. The number of ether oxygens (including phenoxy) is 1. The minimum Gasteiger partial charge on any atom is -0.494 e. The molecule has 3 rings (SSSR count). The number of rotatable bonds is 5. The molecule has 0 atom stereocenters. The summed E-state index contributed by atoms with van der Waals surface area (Å²) in [5, 5.41) is 0.713. The van der Waals surface area contributed by atoms with E-state index in [0.29, 0.717) is 22.3 Å². The third-order valence-corrected chi connectivity index (χ3v) is 4.78. The Labute approximate surface area is 135 Å². The van der Waals surface area contributed by atoms with Crippen LogP contribution >= 0.6 is 23.3 Å². The number of anilines is 2. The van der Waals surface area contributed by atoms with Crippen molar-refractivity contribution in [3.05, 3.63) is 42.2 Å². The number of hydrogen-bond donors (Lipinski definition) is 2. The molecule has 0 spiro atoms. The molecular weight excluding hydrogens is 321 g/mol. The average Bonchev–Trinajstić information content (AvgIpc) is 2.89. The third-order valence-electron chi connectivity index (χ3n) is 2.88. The zero-order chi connectivity index (χ0) is 15.5. The summed E-state index contributed by atoms with van der Waals surface area (Å²) in [6.07, 6.45) is 0. The SMILES string of the molecule is CCOc1ccc2nc(NSc3ccc(N)cc3F)sc2c1. The average molecular weight is 335 g/mol. The summed E-state index contributed by atoms with van der Waals surface area (Å²) in [6, 6.07) is 10.4. The highest BCUT2D eigenvalue weighted by Crippen LogP contribution is 2.32. The first-order chi connectivity index (χ1) is 10.7. The first-order valence-electron chi connectivity index (χ1n) is 6.67. The Bertz CT molecular complexity index is 807. The van der Waals surface area contributed by atoms with Crippen molar-refractivity contribution in [2.45, 2.75) is 11.8 Å². The zero-order valence-corrected chi connectivity index (χ0v) is 13.4. The highest BCUT2D eigenvalue weighted by molar-refractivity contribution is 8.00. The number of fused-ring (bicyclic) bond motifs is 1. The molecule has 0 saturated carbocycles. The van der Waals surface area contributed by atoms with Crippen molar-refractivity contribution in [2.24, 2.45) is 0 Å². The summed E-state index contributed by atoms with van der Waals surface area (Å²) < 4.78 is 23.3. The van der Waals surface area contributed by atoms with Crippen LogP contribution in [0.2, 0.25) is 0 Å². The van der Waals surface area contributed by atoms with Crippen molar-refractivity contribution in [3.63, 3.8) is 0 Å². The van der Waals surface area contributed by atoms with Gasteiger partial charge in [-0.25, -0.2) is 9.37 Å². The Hall–Kier alpha value is -1.99. The molecule has 0 aliphatic rings. The maximum Gasteiger partial charge on any atom is 0.194 e. The van der Waals surface area contributed by atoms with Gasteiger partial charge in [0, 0.05) is 5.69 Å². The van der Waals surface area contributed by atoms with Gasteiger partial charge in [0.25, 0.3) is 0 Å². The maximum absolute atomic E-state index is 13.7. The van der Waals surface area contributed by atoms with E-state index in [4.69, 9.17) is 10.5 Å². The molecule has 0 aliphatic heterocycles. The van der Waals surface area contributed by atoms with Gasteiger partial charge < -0.3 is 15.2 Å². The fourth-order valence-electron chi connectivity index (χ4n) is 1.90. The number of benzene rings is 2. The minimum absolute atomic E-state index is 0.350. The van der Waals surface area contributed by atoms with Gasteiger partial charge in [-0.05, 0) is 55.3 Å². The van der Waals surface area contributed by atoms with Crippen LogP contribution in [0.4, 0.5) is 15.2 Å². The van der Waals surface area contributed by atoms with Crippen LogP contribution in [0.1, 0.15) is 6.92 Å². The Morgan fingerprint density at radius 3 is 2.95 bits per heavy atom. The number of nitrogens with one attached hydrogen (secondary N) is 1. The lowest BCUT2D eigenvalue weighted by Gasteiger charge is -2.03. The van der Waals surface area contributed by atoms with E-state index in [-0.39, 0.29) is 5.82 Å². The second-order valence-corrected chi connectivity index (χ2v) is 6.35. The van der Waals surface area contributed by atoms with Crippen molar-refractivity contribution in [3.8, 4) is 5.75 Å². The van der Waals surface area contributed by atoms with Crippen molar-refractivity contribution >= 4 is 44.3 Å². The number of nitrogens with zero attached hydrogens (tertiary/aromatic N) is 1. The van der Waals surface area contributed by atoms with Gasteiger partial charge in [0.2, 0.25) is 0 Å². The quantitative estimate of drug-likeness (QED) is 0.530. The fourth-order valence-corrected chi connectivity index (χ4v) is 3.48. The lowest BCUT2D eigenvalue weighted by molar-refractivity contribution is 0.341. The summed E-state index contributed by atoms with van der Waals surface area (Å²) in [4.78, 5) is 4.94. The molecule has 0 bridgehead atoms. The molecule has 1 aromatic heterocycles. The second kappa shape index (κ2) is 6.41. The van der Waals surface area contributed by atoms with E-state index in [1.54, 1.807) is 12.1 Å². The second-order valence-electron chi connectivity index (χ2n) is 4.48. The van der Waals surface area contributed by atoms with Gasteiger partial charge in [0.1, 0.15) is 11.6 Å². The molecule has 0 amide bonds. The van der Waals surface area contributed by atoms with Gasteiger partial charge in [0.15, 0.2) is 5.13 Å². The van der Waals surface area contributed by atoms with E-state index in [1.165, 1.54) is 29.4 Å². The first-order valence-corrected chi connectivity index (χ1v) is 8.30. The molecular formula is C15H14FN3OS2. The van der Waals surface area contributed by atoms with E-state index in [9.17, 15) is 4.39 Å². The highest BCUT2D eigenvalue weighted by Gasteiger charge is 2.08. The molecule has 0 aliphatic carbocycles. The van der Waals surface area contributed by atoms with E-state index in [1.807, 2.05) is 25.1 Å². The summed E-state index contributed by atoms with van der Waals surface area (Å²) in [6.45, 7) is 2.57. The number of halogens is 1.